The first-order valence-electron chi connectivity index (χ1n) is 11.3. The number of hydrogen-bond donors (Lipinski definition) is 1. The first-order chi connectivity index (χ1) is 18.1. The van der Waals surface area contributed by atoms with Gasteiger partial charge in [0.1, 0.15) is 11.5 Å². The second-order valence-corrected chi connectivity index (χ2v) is 11.6. The topological polar surface area (TPSA) is 89.9 Å². The van der Waals surface area contributed by atoms with E-state index in [1.165, 1.54) is 34.1 Å². The Labute approximate surface area is 222 Å². The summed E-state index contributed by atoms with van der Waals surface area (Å²) in [4.78, 5) is 15.6. The van der Waals surface area contributed by atoms with Crippen molar-refractivity contribution in [3.05, 3.63) is 115 Å². The van der Waals surface area contributed by atoms with Gasteiger partial charge in [0.05, 0.1) is 16.5 Å². The molecule has 4 rings (SSSR count). The van der Waals surface area contributed by atoms with Gasteiger partial charge in [-0.3, -0.25) is 4.55 Å². The van der Waals surface area contributed by atoms with Gasteiger partial charge in [-0.15, -0.1) is 0 Å². The van der Waals surface area contributed by atoms with Crippen molar-refractivity contribution in [3.63, 3.8) is 0 Å². The van der Waals surface area contributed by atoms with E-state index in [0.717, 1.165) is 4.90 Å². The fourth-order valence-electron chi connectivity index (χ4n) is 3.47. The highest BCUT2D eigenvalue weighted by atomic mass is 32.2. The lowest BCUT2D eigenvalue weighted by atomic mass is 10.2. The number of carbonyl (C=O) groups is 1. The van der Waals surface area contributed by atoms with Crippen molar-refractivity contribution >= 4 is 27.0 Å². The Bertz CT molecular complexity index is 1440. The van der Waals surface area contributed by atoms with Crippen molar-refractivity contribution in [2.75, 3.05) is 0 Å². The second kappa shape index (κ2) is 11.3. The number of benzene rings is 4. The average molecular weight is 558 g/mol. The predicted octanol–water partition coefficient (Wildman–Crippen LogP) is 6.60. The molecule has 0 bridgehead atoms. The van der Waals surface area contributed by atoms with E-state index in [0.29, 0.717) is 18.4 Å². The van der Waals surface area contributed by atoms with E-state index in [1.807, 2.05) is 60.7 Å². The van der Waals surface area contributed by atoms with Crippen molar-refractivity contribution in [3.8, 4) is 11.5 Å². The Balaban J connectivity index is 1.46. The van der Waals surface area contributed by atoms with Crippen LogP contribution < -0.4 is 4.74 Å². The van der Waals surface area contributed by atoms with Crippen molar-refractivity contribution in [1.29, 1.82) is 0 Å². The van der Waals surface area contributed by atoms with Crippen LogP contribution in [0, 0.1) is 0 Å². The summed E-state index contributed by atoms with van der Waals surface area (Å²) in [5.74, 6) is -0.239. The van der Waals surface area contributed by atoms with Gasteiger partial charge >= 0.3 is 21.3 Å². The monoisotopic (exact) mass is 557 g/mol. The molecule has 0 saturated heterocycles. The Kier molecular flexibility index (Phi) is 8.15. The smallest absolute Gasteiger partial charge is 0.405 e. The van der Waals surface area contributed by atoms with Crippen LogP contribution in [-0.4, -0.2) is 30.3 Å². The summed E-state index contributed by atoms with van der Waals surface area (Å²) in [5.41, 5.74) is -0.0968. The number of ether oxygens (including phenoxy) is 2. The molecule has 0 aromatic heterocycles. The summed E-state index contributed by atoms with van der Waals surface area (Å²) >= 11 is 0. The van der Waals surface area contributed by atoms with Gasteiger partial charge < -0.3 is 9.47 Å². The van der Waals surface area contributed by atoms with E-state index < -0.39 is 27.4 Å². The quantitative estimate of drug-likeness (QED) is 0.142. The molecule has 4 aromatic carbocycles. The maximum absolute atomic E-state index is 13.6. The van der Waals surface area contributed by atoms with E-state index in [1.54, 1.807) is 0 Å². The number of alkyl halides is 2. The molecule has 196 valence electrons. The van der Waals surface area contributed by atoms with Crippen LogP contribution in [0.4, 0.5) is 8.78 Å². The minimum Gasteiger partial charge on any atom is -0.457 e. The predicted molar refractivity (Wildman–Crippen MR) is 139 cm³/mol. The van der Waals surface area contributed by atoms with Crippen molar-refractivity contribution in [2.45, 2.75) is 33.0 Å². The van der Waals surface area contributed by atoms with Crippen LogP contribution in [0.1, 0.15) is 17.3 Å². The Morgan fingerprint density at radius 3 is 1.63 bits per heavy atom. The molecule has 0 aliphatic heterocycles. The second-order valence-electron chi connectivity index (χ2n) is 8.11. The van der Waals surface area contributed by atoms with Gasteiger partial charge in [0, 0.05) is 0 Å². The molecule has 0 saturated carbocycles. The van der Waals surface area contributed by atoms with Crippen LogP contribution in [0.25, 0.3) is 0 Å². The molecule has 0 amide bonds. The molecule has 10 heteroatoms. The zero-order valence-corrected chi connectivity index (χ0v) is 21.7. The van der Waals surface area contributed by atoms with Gasteiger partial charge in [-0.2, -0.15) is 17.2 Å². The highest BCUT2D eigenvalue weighted by Crippen LogP contribution is 2.33. The molecule has 1 atom stereocenters. The third kappa shape index (κ3) is 6.21. The third-order valence-corrected chi connectivity index (χ3v) is 8.69. The Morgan fingerprint density at radius 1 is 0.763 bits per heavy atom. The first kappa shape index (κ1) is 27.3. The third-order valence-electron chi connectivity index (χ3n) is 5.44. The highest BCUT2D eigenvalue weighted by Gasteiger charge is 2.52. The molecule has 1 N–H and O–H groups in total. The van der Waals surface area contributed by atoms with Gasteiger partial charge in [0.2, 0.25) is 0 Å². The van der Waals surface area contributed by atoms with Crippen LogP contribution >= 0.6 is 0 Å². The number of rotatable bonds is 9. The SMILES string of the molecule is CC(OC(=O)c1ccc(Oc2ccc([S+](c3ccccc3)c3ccccc3)cc2)cc1)C(F)(F)S(=O)(=O)O. The lowest BCUT2D eigenvalue weighted by Gasteiger charge is -2.20. The van der Waals surface area contributed by atoms with Gasteiger partial charge in [-0.05, 0) is 79.7 Å². The molecular weight excluding hydrogens is 534 g/mol. The van der Waals surface area contributed by atoms with Crippen molar-refractivity contribution in [1.82, 2.24) is 0 Å². The summed E-state index contributed by atoms with van der Waals surface area (Å²) in [6.45, 7) is 0.674. The van der Waals surface area contributed by atoms with Crippen LogP contribution in [0.15, 0.2) is 124 Å². The molecule has 38 heavy (non-hydrogen) atoms. The van der Waals surface area contributed by atoms with E-state index in [4.69, 9.17) is 9.29 Å². The first-order valence-corrected chi connectivity index (χ1v) is 14.0. The maximum atomic E-state index is 13.6. The van der Waals surface area contributed by atoms with Crippen molar-refractivity contribution in [2.24, 2.45) is 0 Å². The number of halogens is 2. The van der Waals surface area contributed by atoms with Crippen LogP contribution in [0.3, 0.4) is 0 Å². The van der Waals surface area contributed by atoms with Crippen LogP contribution in [0.2, 0.25) is 0 Å². The Morgan fingerprint density at radius 2 is 1.18 bits per heavy atom. The summed E-state index contributed by atoms with van der Waals surface area (Å²) in [6.07, 6.45) is -2.39. The number of carbonyl (C=O) groups excluding carboxylic acids is 1. The van der Waals surface area contributed by atoms with Gasteiger partial charge in [0.25, 0.3) is 0 Å². The summed E-state index contributed by atoms with van der Waals surface area (Å²) < 4.78 is 68.0. The summed E-state index contributed by atoms with van der Waals surface area (Å²) in [7, 11) is -6.05. The highest BCUT2D eigenvalue weighted by molar-refractivity contribution is 7.97. The fourth-order valence-corrected chi connectivity index (χ4v) is 6.02. The molecule has 0 spiro atoms. The lowest BCUT2D eigenvalue weighted by Crippen LogP contribution is -2.42. The zero-order chi connectivity index (χ0) is 27.3. The molecule has 0 aliphatic rings. The van der Waals surface area contributed by atoms with E-state index in [9.17, 15) is 22.0 Å². The minimum atomic E-state index is -5.74. The molecule has 4 aromatic rings. The van der Waals surface area contributed by atoms with E-state index in [-0.39, 0.29) is 16.5 Å². The van der Waals surface area contributed by atoms with Crippen molar-refractivity contribution < 1.29 is 36.0 Å². The molecule has 0 fully saturated rings. The Hall–Kier alpha value is -3.73. The van der Waals surface area contributed by atoms with E-state index >= 15 is 0 Å². The molecule has 0 heterocycles. The molecular formula is C28H23F2O6S2+. The zero-order valence-electron chi connectivity index (χ0n) is 20.0. The van der Waals surface area contributed by atoms with Crippen LogP contribution in [-0.2, 0) is 25.7 Å². The standard InChI is InChI=1S/C28H22F2O6S2/c1-20(28(29,30)38(32,33)34)35-27(31)21-12-14-22(15-13-21)36-23-16-18-26(19-17-23)37(24-8-4-2-5-9-24)25-10-6-3-7-11-25/h2-20H,1H3/p+1. The maximum Gasteiger partial charge on any atom is 0.405 e. The number of hydrogen-bond acceptors (Lipinski definition) is 5. The largest absolute Gasteiger partial charge is 0.457 e. The summed E-state index contributed by atoms with van der Waals surface area (Å²) in [6, 6.07) is 33.5. The normalized spacial score (nSPS) is 12.7. The molecule has 0 radical (unpaired) electrons. The fraction of sp³-hybridized carbons (Fsp3) is 0.107. The van der Waals surface area contributed by atoms with E-state index in [2.05, 4.69) is 29.0 Å². The lowest BCUT2D eigenvalue weighted by molar-refractivity contribution is -0.0549. The van der Waals surface area contributed by atoms with Gasteiger partial charge in [-0.25, -0.2) is 4.79 Å². The van der Waals surface area contributed by atoms with Gasteiger partial charge in [-0.1, -0.05) is 36.4 Å². The van der Waals surface area contributed by atoms with Gasteiger partial charge in [0.15, 0.2) is 20.8 Å². The van der Waals surface area contributed by atoms with Crippen LogP contribution in [0.5, 0.6) is 11.5 Å². The average Bonchev–Trinajstić information content (AvgIpc) is 2.91. The summed E-state index contributed by atoms with van der Waals surface area (Å²) in [5, 5.41) is -4.64. The minimum absolute atomic E-state index is 0.0968. The molecule has 1 unspecified atom stereocenters. The molecule has 0 aliphatic carbocycles. The molecule has 6 nitrogen and oxygen atoms in total. The number of esters is 1.